The first-order valence-electron chi connectivity index (χ1n) is 9.40. The van der Waals surface area contributed by atoms with Crippen LogP contribution in [0.15, 0.2) is 57.7 Å². The maximum absolute atomic E-state index is 12.9. The van der Waals surface area contributed by atoms with Crippen molar-refractivity contribution in [3.8, 4) is 23.0 Å². The first-order valence-corrected chi connectivity index (χ1v) is 9.40. The van der Waals surface area contributed by atoms with Crippen LogP contribution in [-0.4, -0.2) is 34.7 Å². The van der Waals surface area contributed by atoms with E-state index in [0.717, 1.165) is 0 Å². The topological polar surface area (TPSA) is 129 Å². The third-order valence-electron chi connectivity index (χ3n) is 4.74. The number of para-hydroxylation sites is 2. The second kappa shape index (κ2) is 7.48. The third kappa shape index (κ3) is 3.44. The van der Waals surface area contributed by atoms with Crippen LogP contribution in [-0.2, 0) is 4.79 Å². The molecule has 2 amide bonds. The Hall–Kier alpha value is -4.34. The molecule has 0 saturated carbocycles. The maximum Gasteiger partial charge on any atom is 0.283 e. The highest BCUT2D eigenvalue weighted by atomic mass is 16.6. The van der Waals surface area contributed by atoms with Gasteiger partial charge >= 0.3 is 0 Å². The van der Waals surface area contributed by atoms with Crippen LogP contribution >= 0.6 is 0 Å². The van der Waals surface area contributed by atoms with E-state index in [0.29, 0.717) is 34.0 Å². The van der Waals surface area contributed by atoms with Gasteiger partial charge in [0.2, 0.25) is 6.10 Å². The second-order valence-corrected chi connectivity index (χ2v) is 6.79. The smallest absolute Gasteiger partial charge is 0.283 e. The molecule has 10 nitrogen and oxygen atoms in total. The number of nitrogens with zero attached hydrogens (tertiary/aromatic N) is 2. The van der Waals surface area contributed by atoms with Crippen molar-refractivity contribution in [2.45, 2.75) is 13.0 Å². The van der Waals surface area contributed by atoms with Gasteiger partial charge in [-0.15, -0.1) is 0 Å². The Balaban J connectivity index is 1.35. The summed E-state index contributed by atoms with van der Waals surface area (Å²) in [7, 11) is 0. The van der Waals surface area contributed by atoms with E-state index in [1.807, 2.05) is 6.07 Å². The van der Waals surface area contributed by atoms with E-state index >= 15 is 0 Å². The van der Waals surface area contributed by atoms with Gasteiger partial charge in [0.15, 0.2) is 17.3 Å². The summed E-state index contributed by atoms with van der Waals surface area (Å²) in [6, 6.07) is 12.0. The van der Waals surface area contributed by atoms with Gasteiger partial charge in [-0.25, -0.2) is 4.98 Å². The summed E-state index contributed by atoms with van der Waals surface area (Å²) in [5, 5.41) is 4.32. The molecule has 4 aromatic rings. The Morgan fingerprint density at radius 2 is 1.94 bits per heavy atom. The number of amides is 2. The molecular weight excluding hydrogens is 404 g/mol. The van der Waals surface area contributed by atoms with Crippen LogP contribution in [0.3, 0.4) is 0 Å². The van der Waals surface area contributed by atoms with Gasteiger partial charge < -0.3 is 18.4 Å². The van der Waals surface area contributed by atoms with Crippen LogP contribution < -0.4 is 20.3 Å². The molecule has 4 heterocycles. The summed E-state index contributed by atoms with van der Waals surface area (Å²) in [6.07, 6.45) is 0.584. The van der Waals surface area contributed by atoms with Gasteiger partial charge in [0.25, 0.3) is 17.5 Å². The molecule has 0 bridgehead atoms. The predicted molar refractivity (Wildman–Crippen MR) is 106 cm³/mol. The van der Waals surface area contributed by atoms with Crippen molar-refractivity contribution in [3.63, 3.8) is 0 Å². The quantitative estimate of drug-likeness (QED) is 0.484. The summed E-state index contributed by atoms with van der Waals surface area (Å²) in [4.78, 5) is 29.7. The van der Waals surface area contributed by atoms with Crippen molar-refractivity contribution in [2.24, 2.45) is 0 Å². The molecule has 0 saturated heterocycles. The molecule has 5 rings (SSSR count). The molecule has 1 aromatic carbocycles. The van der Waals surface area contributed by atoms with Gasteiger partial charge in [-0.05, 0) is 37.3 Å². The Morgan fingerprint density at radius 1 is 1.10 bits per heavy atom. The lowest BCUT2D eigenvalue weighted by atomic mass is 10.1. The number of carbonyl (C=O) groups is 2. The van der Waals surface area contributed by atoms with E-state index in [-0.39, 0.29) is 17.9 Å². The molecule has 0 radical (unpaired) electrons. The number of benzene rings is 1. The molecule has 0 fully saturated rings. The number of fused-ring (bicyclic) bond motifs is 2. The number of aromatic nitrogens is 2. The van der Waals surface area contributed by atoms with E-state index in [1.165, 1.54) is 6.26 Å². The molecule has 31 heavy (non-hydrogen) atoms. The van der Waals surface area contributed by atoms with Crippen molar-refractivity contribution >= 4 is 22.9 Å². The molecule has 156 valence electrons. The number of pyridine rings is 1. The van der Waals surface area contributed by atoms with Crippen molar-refractivity contribution in [1.29, 1.82) is 0 Å². The fourth-order valence-electron chi connectivity index (χ4n) is 3.24. The lowest BCUT2D eigenvalue weighted by Gasteiger charge is -2.25. The lowest BCUT2D eigenvalue weighted by molar-refractivity contribution is -0.131. The number of hydrogen-bond acceptors (Lipinski definition) is 8. The van der Waals surface area contributed by atoms with Crippen molar-refractivity contribution in [3.05, 3.63) is 60.0 Å². The van der Waals surface area contributed by atoms with Gasteiger partial charge in [0.05, 0.1) is 22.9 Å². The zero-order valence-electron chi connectivity index (χ0n) is 16.2. The summed E-state index contributed by atoms with van der Waals surface area (Å²) in [6.45, 7) is 1.71. The first kappa shape index (κ1) is 18.7. The second-order valence-electron chi connectivity index (χ2n) is 6.79. The number of ether oxygens (including phenoxy) is 2. The van der Waals surface area contributed by atoms with Crippen molar-refractivity contribution < 1.29 is 28.0 Å². The molecule has 2 N–H and O–H groups in total. The molecule has 1 aliphatic rings. The monoisotopic (exact) mass is 420 g/mol. The standard InChI is InChI=1S/C21H16N4O6/c1-11-18-12(9-13(14-7-4-8-28-14)22-21(18)31-25-11)19(26)23-24-20(27)17-10-29-15-5-2-3-6-16(15)30-17/h2-9,17H,10H2,1H3,(H,23,26)(H,24,27). The minimum Gasteiger partial charge on any atom is -0.485 e. The SMILES string of the molecule is Cc1noc2nc(-c3ccco3)cc(C(=O)NNC(=O)C3COc4ccccc4O3)c12. The molecule has 3 aromatic heterocycles. The number of carbonyl (C=O) groups excluding carboxylic acids is 2. The summed E-state index contributed by atoms with van der Waals surface area (Å²) in [5.74, 6) is 0.348. The molecule has 10 heteroatoms. The van der Waals surface area contributed by atoms with Crippen LogP contribution in [0.2, 0.25) is 0 Å². The fraction of sp³-hybridized carbons (Fsp3) is 0.143. The number of furan rings is 1. The van der Waals surface area contributed by atoms with E-state index in [1.54, 1.807) is 43.3 Å². The highest BCUT2D eigenvalue weighted by molar-refractivity contribution is 6.07. The number of nitrogens with one attached hydrogen (secondary N) is 2. The summed E-state index contributed by atoms with van der Waals surface area (Å²) < 4.78 is 21.8. The molecule has 0 aliphatic carbocycles. The van der Waals surface area contributed by atoms with Gasteiger partial charge in [0.1, 0.15) is 12.3 Å². The van der Waals surface area contributed by atoms with Crippen LogP contribution in [0.4, 0.5) is 0 Å². The van der Waals surface area contributed by atoms with Crippen molar-refractivity contribution in [2.75, 3.05) is 6.61 Å². The Labute approximate surface area is 175 Å². The number of rotatable bonds is 3. The minimum atomic E-state index is -0.913. The van der Waals surface area contributed by atoms with Gasteiger partial charge in [-0.1, -0.05) is 17.3 Å². The summed E-state index contributed by atoms with van der Waals surface area (Å²) in [5.41, 5.74) is 6.07. The maximum atomic E-state index is 12.9. The van der Waals surface area contributed by atoms with Gasteiger partial charge in [-0.2, -0.15) is 0 Å². The van der Waals surface area contributed by atoms with Crippen molar-refractivity contribution in [1.82, 2.24) is 21.0 Å². The van der Waals surface area contributed by atoms with E-state index in [2.05, 4.69) is 21.0 Å². The van der Waals surface area contributed by atoms with Gasteiger partial charge in [0, 0.05) is 0 Å². The zero-order chi connectivity index (χ0) is 21.4. The Bertz CT molecular complexity index is 1280. The van der Waals surface area contributed by atoms with Crippen LogP contribution in [0.1, 0.15) is 16.1 Å². The average molecular weight is 420 g/mol. The first-order chi connectivity index (χ1) is 15.1. The minimum absolute atomic E-state index is 0.0195. The van der Waals surface area contributed by atoms with Gasteiger partial charge in [-0.3, -0.25) is 20.4 Å². The highest BCUT2D eigenvalue weighted by Gasteiger charge is 2.28. The molecular formula is C21H16N4O6. The zero-order valence-corrected chi connectivity index (χ0v) is 16.2. The summed E-state index contributed by atoms with van der Waals surface area (Å²) >= 11 is 0. The third-order valence-corrected chi connectivity index (χ3v) is 4.74. The van der Waals surface area contributed by atoms with Crippen LogP contribution in [0, 0.1) is 6.92 Å². The van der Waals surface area contributed by atoms with Crippen LogP contribution in [0.25, 0.3) is 22.6 Å². The molecule has 1 atom stereocenters. The number of hydrogen-bond donors (Lipinski definition) is 2. The molecule has 1 unspecified atom stereocenters. The highest BCUT2D eigenvalue weighted by Crippen LogP contribution is 2.31. The van der Waals surface area contributed by atoms with E-state index in [9.17, 15) is 9.59 Å². The largest absolute Gasteiger partial charge is 0.485 e. The fourth-order valence-corrected chi connectivity index (χ4v) is 3.24. The lowest BCUT2D eigenvalue weighted by Crippen LogP contribution is -2.50. The van der Waals surface area contributed by atoms with Crippen LogP contribution in [0.5, 0.6) is 11.5 Å². The number of hydrazine groups is 1. The number of aryl methyl sites for hydroxylation is 1. The van der Waals surface area contributed by atoms with E-state index in [4.69, 9.17) is 18.4 Å². The Morgan fingerprint density at radius 3 is 2.74 bits per heavy atom. The van der Waals surface area contributed by atoms with E-state index < -0.39 is 17.9 Å². The Kier molecular flexibility index (Phi) is 4.51. The molecule has 1 aliphatic heterocycles. The average Bonchev–Trinajstić information content (AvgIpc) is 3.47. The molecule has 0 spiro atoms. The normalized spacial score (nSPS) is 14.9. The predicted octanol–water partition coefficient (Wildman–Crippen LogP) is 2.39.